The van der Waals surface area contributed by atoms with Gasteiger partial charge in [0.25, 0.3) is 0 Å². The number of benzene rings is 1. The molecule has 3 N–H and O–H groups in total. The van der Waals surface area contributed by atoms with Crippen LogP contribution in [0.3, 0.4) is 0 Å². The molecule has 0 saturated carbocycles. The van der Waals surface area contributed by atoms with Gasteiger partial charge in [-0.15, -0.1) is 0 Å². The van der Waals surface area contributed by atoms with Crippen molar-refractivity contribution in [3.63, 3.8) is 0 Å². The fraction of sp³-hybridized carbons (Fsp3) is 0.417. The Kier molecular flexibility index (Phi) is 4.68. The molecule has 1 aromatic rings. The van der Waals surface area contributed by atoms with Crippen LogP contribution in [0.4, 0.5) is 10.1 Å². The van der Waals surface area contributed by atoms with E-state index in [-0.39, 0.29) is 10.8 Å². The van der Waals surface area contributed by atoms with Crippen LogP contribution >= 0.6 is 12.2 Å². The van der Waals surface area contributed by atoms with Crippen molar-refractivity contribution in [2.45, 2.75) is 20.3 Å². The molecule has 0 bridgehead atoms. The Morgan fingerprint density at radius 1 is 1.56 bits per heavy atom. The first-order valence-electron chi connectivity index (χ1n) is 5.37. The summed E-state index contributed by atoms with van der Waals surface area (Å²) in [4.78, 5) is 0.214. The van der Waals surface area contributed by atoms with Gasteiger partial charge in [0, 0.05) is 17.8 Å². The van der Waals surface area contributed by atoms with E-state index in [1.807, 2.05) is 0 Å². The van der Waals surface area contributed by atoms with E-state index in [9.17, 15) is 4.39 Å². The fourth-order valence-corrected chi connectivity index (χ4v) is 1.47. The van der Waals surface area contributed by atoms with E-state index in [4.69, 9.17) is 18.0 Å². The minimum Gasteiger partial charge on any atom is -0.389 e. The minimum absolute atomic E-state index is 0.214. The molecule has 0 aromatic heterocycles. The SMILES string of the molecule is CCC(C)CNc1ccc(F)cc1C(N)=S. The first-order valence-corrected chi connectivity index (χ1v) is 5.78. The van der Waals surface area contributed by atoms with Gasteiger partial charge in [0.2, 0.25) is 0 Å². The van der Waals surface area contributed by atoms with Gasteiger partial charge < -0.3 is 11.1 Å². The number of hydrogen-bond acceptors (Lipinski definition) is 2. The zero-order valence-corrected chi connectivity index (χ0v) is 10.4. The van der Waals surface area contributed by atoms with Crippen LogP contribution < -0.4 is 11.1 Å². The Morgan fingerprint density at radius 2 is 2.25 bits per heavy atom. The summed E-state index contributed by atoms with van der Waals surface area (Å²) in [7, 11) is 0. The number of nitrogens with one attached hydrogen (secondary N) is 1. The Morgan fingerprint density at radius 3 is 2.81 bits per heavy atom. The second kappa shape index (κ2) is 5.80. The monoisotopic (exact) mass is 240 g/mol. The molecule has 88 valence electrons. The second-order valence-corrected chi connectivity index (χ2v) is 4.39. The van der Waals surface area contributed by atoms with Gasteiger partial charge in [0.05, 0.1) is 0 Å². The molecule has 1 aromatic carbocycles. The first kappa shape index (κ1) is 12.9. The van der Waals surface area contributed by atoms with Crippen LogP contribution in [0.15, 0.2) is 18.2 Å². The third-order valence-electron chi connectivity index (χ3n) is 2.58. The topological polar surface area (TPSA) is 38.0 Å². The van der Waals surface area contributed by atoms with Gasteiger partial charge in [-0.05, 0) is 24.1 Å². The zero-order chi connectivity index (χ0) is 12.1. The average molecular weight is 240 g/mol. The first-order chi connectivity index (χ1) is 7.54. The van der Waals surface area contributed by atoms with E-state index in [1.165, 1.54) is 12.1 Å². The summed E-state index contributed by atoms with van der Waals surface area (Å²) in [6.07, 6.45) is 1.09. The largest absolute Gasteiger partial charge is 0.389 e. The summed E-state index contributed by atoms with van der Waals surface area (Å²) >= 11 is 4.89. The van der Waals surface area contributed by atoms with Crippen LogP contribution in [-0.4, -0.2) is 11.5 Å². The maximum atomic E-state index is 13.0. The summed E-state index contributed by atoms with van der Waals surface area (Å²) in [5.41, 5.74) is 6.92. The molecule has 1 unspecified atom stereocenters. The number of rotatable bonds is 5. The van der Waals surface area contributed by atoms with Crippen molar-refractivity contribution in [1.82, 2.24) is 0 Å². The third-order valence-corrected chi connectivity index (χ3v) is 2.80. The van der Waals surface area contributed by atoms with Gasteiger partial charge in [-0.2, -0.15) is 0 Å². The molecule has 0 aliphatic carbocycles. The lowest BCUT2D eigenvalue weighted by molar-refractivity contribution is 0.593. The predicted octanol–water partition coefficient (Wildman–Crippen LogP) is 2.92. The van der Waals surface area contributed by atoms with Crippen LogP contribution in [0.5, 0.6) is 0 Å². The summed E-state index contributed by atoms with van der Waals surface area (Å²) in [6, 6.07) is 4.44. The lowest BCUT2D eigenvalue weighted by atomic mass is 10.1. The molecular weight excluding hydrogens is 223 g/mol. The fourth-order valence-electron chi connectivity index (χ4n) is 1.30. The van der Waals surface area contributed by atoms with Gasteiger partial charge >= 0.3 is 0 Å². The van der Waals surface area contributed by atoms with Crippen molar-refractivity contribution < 1.29 is 4.39 Å². The van der Waals surface area contributed by atoms with Crippen molar-refractivity contribution >= 4 is 22.9 Å². The van der Waals surface area contributed by atoms with Crippen molar-refractivity contribution in [2.75, 3.05) is 11.9 Å². The highest BCUT2D eigenvalue weighted by molar-refractivity contribution is 7.80. The van der Waals surface area contributed by atoms with E-state index in [0.29, 0.717) is 11.5 Å². The third kappa shape index (κ3) is 3.45. The Hall–Kier alpha value is -1.16. The molecule has 2 nitrogen and oxygen atoms in total. The molecule has 0 saturated heterocycles. The number of hydrogen-bond donors (Lipinski definition) is 2. The van der Waals surface area contributed by atoms with E-state index < -0.39 is 0 Å². The summed E-state index contributed by atoms with van der Waals surface area (Å²) in [5, 5.41) is 3.24. The molecule has 0 heterocycles. The molecular formula is C12H17FN2S. The molecule has 0 fully saturated rings. The number of nitrogens with two attached hydrogens (primary N) is 1. The lowest BCUT2D eigenvalue weighted by Crippen LogP contribution is -2.16. The van der Waals surface area contributed by atoms with E-state index >= 15 is 0 Å². The quantitative estimate of drug-likeness (QED) is 0.777. The van der Waals surface area contributed by atoms with Crippen LogP contribution in [-0.2, 0) is 0 Å². The molecule has 0 radical (unpaired) electrons. The van der Waals surface area contributed by atoms with Crippen molar-refractivity contribution in [2.24, 2.45) is 11.7 Å². The standard InChI is InChI=1S/C12H17FN2S/c1-3-8(2)7-15-11-5-4-9(13)6-10(11)12(14)16/h4-6,8,15H,3,7H2,1-2H3,(H2,14,16). The Balaban J connectivity index is 2.82. The van der Waals surface area contributed by atoms with Crippen LogP contribution in [0.2, 0.25) is 0 Å². The maximum Gasteiger partial charge on any atom is 0.124 e. The number of anilines is 1. The highest BCUT2D eigenvalue weighted by Crippen LogP contribution is 2.17. The van der Waals surface area contributed by atoms with Gasteiger partial charge in [0.15, 0.2) is 0 Å². The molecule has 4 heteroatoms. The summed E-state index contributed by atoms with van der Waals surface area (Å²) in [5.74, 6) is 0.237. The normalized spacial score (nSPS) is 12.2. The molecule has 0 aliphatic heterocycles. The molecule has 16 heavy (non-hydrogen) atoms. The minimum atomic E-state index is -0.322. The van der Waals surface area contributed by atoms with Crippen LogP contribution in [0.1, 0.15) is 25.8 Å². The Bertz CT molecular complexity index is 379. The summed E-state index contributed by atoms with van der Waals surface area (Å²) in [6.45, 7) is 5.11. The van der Waals surface area contributed by atoms with Gasteiger partial charge in [-0.1, -0.05) is 32.5 Å². The van der Waals surface area contributed by atoms with E-state index in [2.05, 4.69) is 19.2 Å². The van der Waals surface area contributed by atoms with E-state index in [0.717, 1.165) is 18.7 Å². The highest BCUT2D eigenvalue weighted by Gasteiger charge is 2.07. The average Bonchev–Trinajstić information content (AvgIpc) is 2.26. The van der Waals surface area contributed by atoms with Crippen LogP contribution in [0.25, 0.3) is 0 Å². The van der Waals surface area contributed by atoms with Crippen molar-refractivity contribution in [3.8, 4) is 0 Å². The van der Waals surface area contributed by atoms with Gasteiger partial charge in [0.1, 0.15) is 10.8 Å². The molecule has 0 amide bonds. The second-order valence-electron chi connectivity index (χ2n) is 3.95. The van der Waals surface area contributed by atoms with Gasteiger partial charge in [-0.25, -0.2) is 4.39 Å². The lowest BCUT2D eigenvalue weighted by Gasteiger charge is -2.14. The summed E-state index contributed by atoms with van der Waals surface area (Å²) < 4.78 is 13.0. The van der Waals surface area contributed by atoms with Gasteiger partial charge in [-0.3, -0.25) is 0 Å². The zero-order valence-electron chi connectivity index (χ0n) is 9.59. The number of thiocarbonyl (C=S) groups is 1. The molecule has 0 aliphatic rings. The maximum absolute atomic E-state index is 13.0. The van der Waals surface area contributed by atoms with Crippen LogP contribution in [0, 0.1) is 11.7 Å². The smallest absolute Gasteiger partial charge is 0.124 e. The molecule has 0 spiro atoms. The highest BCUT2D eigenvalue weighted by atomic mass is 32.1. The predicted molar refractivity (Wildman–Crippen MR) is 70.2 cm³/mol. The number of halogens is 1. The molecule has 1 rings (SSSR count). The van der Waals surface area contributed by atoms with Crippen molar-refractivity contribution in [3.05, 3.63) is 29.6 Å². The van der Waals surface area contributed by atoms with Crippen molar-refractivity contribution in [1.29, 1.82) is 0 Å². The Labute approximate surface area is 101 Å². The van der Waals surface area contributed by atoms with E-state index in [1.54, 1.807) is 6.07 Å². The molecule has 1 atom stereocenters.